The van der Waals surface area contributed by atoms with E-state index in [9.17, 15) is 19.7 Å². The van der Waals surface area contributed by atoms with Crippen molar-refractivity contribution in [2.75, 3.05) is 20.8 Å². The van der Waals surface area contributed by atoms with E-state index >= 15 is 0 Å². The maximum absolute atomic E-state index is 11.9. The first kappa shape index (κ1) is 18.9. The van der Waals surface area contributed by atoms with E-state index in [-0.39, 0.29) is 17.7 Å². The van der Waals surface area contributed by atoms with Crippen LogP contribution in [-0.2, 0) is 23.8 Å². The fourth-order valence-corrected chi connectivity index (χ4v) is 1.86. The molecule has 8 heteroatoms. The minimum absolute atomic E-state index is 0.00263. The van der Waals surface area contributed by atoms with Crippen LogP contribution in [0, 0.1) is 10.1 Å². The van der Waals surface area contributed by atoms with Crippen LogP contribution in [0.4, 0.5) is 0 Å². The van der Waals surface area contributed by atoms with Crippen LogP contribution in [0.25, 0.3) is 11.6 Å². The quantitative estimate of drug-likeness (QED) is 0.247. The topological polar surface area (TPSA) is 105 Å². The van der Waals surface area contributed by atoms with Crippen LogP contribution >= 0.6 is 0 Å². The second kappa shape index (κ2) is 9.09. The molecule has 0 N–H and O–H groups in total. The van der Waals surface area contributed by atoms with Crippen LogP contribution in [0.15, 0.2) is 36.2 Å². The lowest BCUT2D eigenvalue weighted by Gasteiger charge is -2.09. The molecule has 1 aromatic rings. The molecule has 0 heterocycles. The van der Waals surface area contributed by atoms with E-state index in [1.807, 2.05) is 0 Å². The van der Waals surface area contributed by atoms with Gasteiger partial charge in [0.25, 0.3) is 0 Å². The smallest absolute Gasteiger partial charge is 0.409 e. The van der Waals surface area contributed by atoms with E-state index in [1.165, 1.54) is 20.3 Å². The average molecular weight is 335 g/mol. The lowest BCUT2D eigenvalue weighted by molar-refractivity contribution is -0.419. The van der Waals surface area contributed by atoms with E-state index in [2.05, 4.69) is 9.47 Å². The van der Waals surface area contributed by atoms with E-state index in [4.69, 9.17) is 4.74 Å². The Morgan fingerprint density at radius 2 is 1.88 bits per heavy atom. The van der Waals surface area contributed by atoms with Gasteiger partial charge in [-0.25, -0.2) is 9.59 Å². The van der Waals surface area contributed by atoms with E-state index < -0.39 is 22.6 Å². The van der Waals surface area contributed by atoms with Crippen molar-refractivity contribution >= 4 is 23.6 Å². The molecule has 1 rings (SSSR count). The Bertz CT molecular complexity index is 691. The van der Waals surface area contributed by atoms with Crippen LogP contribution in [0.2, 0.25) is 0 Å². The van der Waals surface area contributed by atoms with Gasteiger partial charge in [-0.3, -0.25) is 10.1 Å². The highest BCUT2D eigenvalue weighted by Crippen LogP contribution is 2.23. The molecule has 0 saturated carbocycles. The summed E-state index contributed by atoms with van der Waals surface area (Å²) in [6.45, 7) is 1.54. The molecule has 8 nitrogen and oxygen atoms in total. The Kier molecular flexibility index (Phi) is 7.15. The number of carbonyl (C=O) groups is 2. The molecule has 0 aliphatic heterocycles. The predicted octanol–water partition coefficient (Wildman–Crippen LogP) is 2.03. The summed E-state index contributed by atoms with van der Waals surface area (Å²) in [6.07, 6.45) is 2.20. The highest BCUT2D eigenvalue weighted by Gasteiger charge is 2.25. The predicted molar refractivity (Wildman–Crippen MR) is 85.0 cm³/mol. The van der Waals surface area contributed by atoms with Gasteiger partial charge in [0.1, 0.15) is 5.57 Å². The minimum atomic E-state index is -1.06. The summed E-state index contributed by atoms with van der Waals surface area (Å²) in [4.78, 5) is 33.9. The van der Waals surface area contributed by atoms with Gasteiger partial charge >= 0.3 is 17.6 Å². The molecule has 0 bridgehead atoms. The number of ether oxygens (including phenoxy) is 3. The molecule has 0 aliphatic carbocycles. The van der Waals surface area contributed by atoms with Crippen molar-refractivity contribution in [3.8, 4) is 0 Å². The molecule has 128 valence electrons. The van der Waals surface area contributed by atoms with Crippen LogP contribution in [0.3, 0.4) is 0 Å². The molecule has 0 aromatic heterocycles. The molecule has 0 saturated heterocycles. The highest BCUT2D eigenvalue weighted by molar-refractivity contribution is 6.17. The lowest BCUT2D eigenvalue weighted by atomic mass is 9.99. The molecule has 0 fully saturated rings. The number of carbonyl (C=O) groups excluding carboxylic acids is 2. The van der Waals surface area contributed by atoms with Crippen molar-refractivity contribution in [2.45, 2.75) is 6.92 Å². The molecule has 0 aliphatic rings. The van der Waals surface area contributed by atoms with Crippen molar-refractivity contribution < 1.29 is 28.7 Å². The van der Waals surface area contributed by atoms with Gasteiger partial charge in [-0.15, -0.1) is 0 Å². The van der Waals surface area contributed by atoms with Crippen molar-refractivity contribution in [3.05, 3.63) is 57.5 Å². The van der Waals surface area contributed by atoms with Crippen LogP contribution < -0.4 is 0 Å². The number of benzene rings is 1. The van der Waals surface area contributed by atoms with Crippen molar-refractivity contribution in [1.29, 1.82) is 0 Å². The molecule has 0 unspecified atom stereocenters. The monoisotopic (exact) mass is 335 g/mol. The SMILES string of the molecule is CCOC(=O)/C(=C/c1ccccc1/C(=C\OC)C(=O)OC)[N+](=O)[O-]. The summed E-state index contributed by atoms with van der Waals surface area (Å²) < 4.78 is 14.2. The summed E-state index contributed by atoms with van der Waals surface area (Å²) >= 11 is 0. The standard InChI is InChI=1S/C16H17NO7/c1-4-24-16(19)14(17(20)21)9-11-7-5-6-8-12(11)13(10-22-2)15(18)23-3/h5-10H,4H2,1-3H3/b13-10+,14-9-. The van der Waals surface area contributed by atoms with Crippen LogP contribution in [0.5, 0.6) is 0 Å². The van der Waals surface area contributed by atoms with Gasteiger partial charge in [-0.05, 0) is 18.1 Å². The summed E-state index contributed by atoms with van der Waals surface area (Å²) in [7, 11) is 2.55. The summed E-state index contributed by atoms with van der Waals surface area (Å²) in [5.41, 5.74) is -0.106. The van der Waals surface area contributed by atoms with Crippen LogP contribution in [-0.4, -0.2) is 37.7 Å². The summed E-state index contributed by atoms with van der Waals surface area (Å²) in [6, 6.07) is 6.32. The zero-order chi connectivity index (χ0) is 18.1. The molecule has 1 aromatic carbocycles. The van der Waals surface area contributed by atoms with Gasteiger partial charge in [-0.2, -0.15) is 0 Å². The number of esters is 2. The average Bonchev–Trinajstić information content (AvgIpc) is 2.57. The zero-order valence-corrected chi connectivity index (χ0v) is 13.5. The molecule has 0 atom stereocenters. The van der Waals surface area contributed by atoms with Gasteiger partial charge in [0.05, 0.1) is 32.0 Å². The molecule has 0 radical (unpaired) electrons. The minimum Gasteiger partial charge on any atom is -0.503 e. The van der Waals surface area contributed by atoms with E-state index in [1.54, 1.807) is 25.1 Å². The number of methoxy groups -OCH3 is 2. The van der Waals surface area contributed by atoms with E-state index in [0.29, 0.717) is 5.56 Å². The third-order valence-corrected chi connectivity index (χ3v) is 2.87. The Morgan fingerprint density at radius 1 is 1.21 bits per heavy atom. The zero-order valence-electron chi connectivity index (χ0n) is 13.5. The van der Waals surface area contributed by atoms with E-state index in [0.717, 1.165) is 12.3 Å². The van der Waals surface area contributed by atoms with Gasteiger partial charge in [0.15, 0.2) is 0 Å². The summed E-state index contributed by atoms with van der Waals surface area (Å²) in [5.74, 6) is -1.75. The number of hydrogen-bond acceptors (Lipinski definition) is 7. The largest absolute Gasteiger partial charge is 0.503 e. The Hall–Kier alpha value is -3.16. The lowest BCUT2D eigenvalue weighted by Crippen LogP contribution is -2.15. The van der Waals surface area contributed by atoms with Crippen molar-refractivity contribution in [2.24, 2.45) is 0 Å². The van der Waals surface area contributed by atoms with Crippen molar-refractivity contribution in [1.82, 2.24) is 0 Å². The van der Waals surface area contributed by atoms with Gasteiger partial charge in [0, 0.05) is 6.08 Å². The molecular weight excluding hydrogens is 318 g/mol. The Morgan fingerprint density at radius 3 is 2.42 bits per heavy atom. The second-order valence-electron chi connectivity index (χ2n) is 4.35. The second-order valence-corrected chi connectivity index (χ2v) is 4.35. The molecular formula is C16H17NO7. The third-order valence-electron chi connectivity index (χ3n) is 2.87. The first-order valence-corrected chi connectivity index (χ1v) is 6.90. The fraction of sp³-hybridized carbons (Fsp3) is 0.250. The maximum atomic E-state index is 11.9. The Labute approximate surface area is 138 Å². The molecule has 0 spiro atoms. The van der Waals surface area contributed by atoms with Gasteiger partial charge < -0.3 is 14.2 Å². The number of nitrogens with zero attached hydrogens (tertiary/aromatic N) is 1. The number of nitro groups is 1. The highest BCUT2D eigenvalue weighted by atomic mass is 16.6. The normalized spacial score (nSPS) is 11.6. The van der Waals surface area contributed by atoms with Crippen molar-refractivity contribution in [3.63, 3.8) is 0 Å². The number of hydrogen-bond donors (Lipinski definition) is 0. The molecule has 24 heavy (non-hydrogen) atoms. The fourth-order valence-electron chi connectivity index (χ4n) is 1.86. The first-order valence-electron chi connectivity index (χ1n) is 6.90. The Balaban J connectivity index is 3.47. The van der Waals surface area contributed by atoms with Gasteiger partial charge in [0.2, 0.25) is 0 Å². The summed E-state index contributed by atoms with van der Waals surface area (Å²) in [5, 5.41) is 11.1. The maximum Gasteiger partial charge on any atom is 0.409 e. The third kappa shape index (κ3) is 4.67. The van der Waals surface area contributed by atoms with Gasteiger partial charge in [-0.1, -0.05) is 24.3 Å². The molecule has 0 amide bonds. The first-order chi connectivity index (χ1) is 11.5. The number of rotatable bonds is 7. The van der Waals surface area contributed by atoms with Crippen LogP contribution in [0.1, 0.15) is 18.1 Å².